The largest absolute Gasteiger partial charge is 0.416 e. The van der Waals surface area contributed by atoms with Crippen LogP contribution in [0.5, 0.6) is 0 Å². The summed E-state index contributed by atoms with van der Waals surface area (Å²) in [5, 5.41) is 11.3. The van der Waals surface area contributed by atoms with Crippen LogP contribution in [0.15, 0.2) is 48.5 Å². The molecule has 0 spiro atoms. The van der Waals surface area contributed by atoms with Crippen molar-refractivity contribution in [2.24, 2.45) is 0 Å². The van der Waals surface area contributed by atoms with E-state index < -0.39 is 17.6 Å². The molecule has 0 saturated heterocycles. The Labute approximate surface area is 165 Å². The molecule has 1 aliphatic rings. The molecule has 0 atom stereocenters. The number of fused-ring (bicyclic) bond motifs is 1. The summed E-state index contributed by atoms with van der Waals surface area (Å²) in [6.45, 7) is 0.846. The number of carbonyl (C=O) groups is 1. The average molecular weight is 400 g/mol. The highest BCUT2D eigenvalue weighted by Crippen LogP contribution is 2.30. The van der Waals surface area contributed by atoms with Gasteiger partial charge in [0.15, 0.2) is 5.82 Å². The number of halogens is 3. The van der Waals surface area contributed by atoms with Crippen molar-refractivity contribution >= 4 is 11.6 Å². The molecule has 2 heterocycles. The van der Waals surface area contributed by atoms with E-state index in [1.807, 2.05) is 6.07 Å². The monoisotopic (exact) mass is 400 g/mol. The lowest BCUT2D eigenvalue weighted by Crippen LogP contribution is -2.14. The van der Waals surface area contributed by atoms with Crippen LogP contribution in [0.2, 0.25) is 0 Å². The highest BCUT2D eigenvalue weighted by atomic mass is 19.4. The van der Waals surface area contributed by atoms with E-state index in [1.54, 1.807) is 18.2 Å². The summed E-state index contributed by atoms with van der Waals surface area (Å²) in [6.07, 6.45) is -0.314. The molecule has 4 rings (SSSR count). The van der Waals surface area contributed by atoms with Gasteiger partial charge < -0.3 is 9.88 Å². The molecule has 1 amide bonds. The van der Waals surface area contributed by atoms with E-state index in [-0.39, 0.29) is 5.56 Å². The van der Waals surface area contributed by atoms with E-state index in [1.165, 1.54) is 12.1 Å². The molecule has 150 valence electrons. The molecule has 5 nitrogen and oxygen atoms in total. The Kier molecular flexibility index (Phi) is 5.08. The molecular formula is C21H19F3N4O. The number of amides is 1. The van der Waals surface area contributed by atoms with Crippen LogP contribution in [0, 0.1) is 0 Å². The third-order valence-electron chi connectivity index (χ3n) is 4.94. The van der Waals surface area contributed by atoms with Gasteiger partial charge in [-0.3, -0.25) is 4.79 Å². The van der Waals surface area contributed by atoms with E-state index in [4.69, 9.17) is 0 Å². The third-order valence-corrected chi connectivity index (χ3v) is 4.94. The molecular weight excluding hydrogens is 381 g/mol. The Balaban J connectivity index is 1.57. The first-order chi connectivity index (χ1) is 13.9. The number of hydrogen-bond donors (Lipinski definition) is 1. The first kappa shape index (κ1) is 19.2. The molecule has 3 aromatic rings. The second-order valence-electron chi connectivity index (χ2n) is 7.02. The van der Waals surface area contributed by atoms with Crippen LogP contribution >= 0.6 is 0 Å². The highest BCUT2D eigenvalue weighted by molar-refractivity contribution is 6.04. The predicted molar refractivity (Wildman–Crippen MR) is 102 cm³/mol. The Morgan fingerprint density at radius 1 is 1.00 bits per heavy atom. The molecule has 0 saturated carbocycles. The zero-order valence-corrected chi connectivity index (χ0v) is 15.5. The topological polar surface area (TPSA) is 59.8 Å². The van der Waals surface area contributed by atoms with E-state index in [9.17, 15) is 18.0 Å². The number of benzene rings is 2. The molecule has 8 heteroatoms. The average Bonchev–Trinajstić information content (AvgIpc) is 2.96. The van der Waals surface area contributed by atoms with Gasteiger partial charge in [-0.05, 0) is 43.2 Å². The van der Waals surface area contributed by atoms with Crippen molar-refractivity contribution in [3.8, 4) is 11.4 Å². The fourth-order valence-electron chi connectivity index (χ4n) is 3.47. The maximum atomic E-state index is 12.9. The number of nitrogens with one attached hydrogen (secondary N) is 1. The number of carbonyl (C=O) groups excluding carboxylic acids is 1. The first-order valence-corrected chi connectivity index (χ1v) is 9.43. The van der Waals surface area contributed by atoms with Crippen molar-refractivity contribution in [1.82, 2.24) is 14.8 Å². The quantitative estimate of drug-likeness (QED) is 0.677. The fourth-order valence-corrected chi connectivity index (χ4v) is 3.47. The molecule has 0 bridgehead atoms. The van der Waals surface area contributed by atoms with E-state index >= 15 is 0 Å². The summed E-state index contributed by atoms with van der Waals surface area (Å²) in [7, 11) is 0. The maximum Gasteiger partial charge on any atom is 0.416 e. The molecule has 0 fully saturated rings. The zero-order valence-electron chi connectivity index (χ0n) is 15.5. The van der Waals surface area contributed by atoms with E-state index in [2.05, 4.69) is 20.1 Å². The van der Waals surface area contributed by atoms with Crippen molar-refractivity contribution < 1.29 is 18.0 Å². The molecule has 0 unspecified atom stereocenters. The van der Waals surface area contributed by atoms with Crippen molar-refractivity contribution in [3.63, 3.8) is 0 Å². The SMILES string of the molecule is O=C(Nc1cccc(-c2nnc3n2CCCCC3)c1)c1cccc(C(F)(F)F)c1. The summed E-state index contributed by atoms with van der Waals surface area (Å²) < 4.78 is 40.8. The van der Waals surface area contributed by atoms with Gasteiger partial charge in [0.25, 0.3) is 5.91 Å². The van der Waals surface area contributed by atoms with Crippen LogP contribution in [0.4, 0.5) is 18.9 Å². The number of nitrogens with zero attached hydrogens (tertiary/aromatic N) is 3. The van der Waals surface area contributed by atoms with Crippen LogP contribution in [0.1, 0.15) is 41.0 Å². The van der Waals surface area contributed by atoms with Gasteiger partial charge in [-0.15, -0.1) is 10.2 Å². The summed E-state index contributed by atoms with van der Waals surface area (Å²) in [5.74, 6) is 1.08. The smallest absolute Gasteiger partial charge is 0.322 e. The molecule has 1 aromatic heterocycles. The maximum absolute atomic E-state index is 12.9. The van der Waals surface area contributed by atoms with Gasteiger partial charge in [0.1, 0.15) is 5.82 Å². The van der Waals surface area contributed by atoms with E-state index in [0.29, 0.717) is 5.69 Å². The first-order valence-electron chi connectivity index (χ1n) is 9.43. The second-order valence-corrected chi connectivity index (χ2v) is 7.02. The standard InChI is InChI=1S/C21H19F3N4O/c22-21(23,24)16-8-4-7-15(12-16)20(29)25-17-9-5-6-14(13-17)19-27-26-18-10-2-1-3-11-28(18)19/h4-9,12-13H,1-3,10-11H2,(H,25,29). The summed E-state index contributed by atoms with van der Waals surface area (Å²) in [4.78, 5) is 12.5. The van der Waals surface area contributed by atoms with E-state index in [0.717, 1.165) is 61.6 Å². The minimum Gasteiger partial charge on any atom is -0.322 e. The normalized spacial score (nSPS) is 14.2. The van der Waals surface area contributed by atoms with Gasteiger partial charge in [-0.25, -0.2) is 0 Å². The highest BCUT2D eigenvalue weighted by Gasteiger charge is 2.30. The second kappa shape index (κ2) is 7.69. The fraction of sp³-hybridized carbons (Fsp3) is 0.286. The van der Waals surface area contributed by atoms with Crippen LogP contribution in [-0.4, -0.2) is 20.7 Å². The minimum atomic E-state index is -4.50. The lowest BCUT2D eigenvalue weighted by molar-refractivity contribution is -0.137. The molecule has 1 N–H and O–H groups in total. The Bertz CT molecular complexity index is 1040. The van der Waals surface area contributed by atoms with Crippen molar-refractivity contribution in [3.05, 3.63) is 65.5 Å². The minimum absolute atomic E-state index is 0.0541. The van der Waals surface area contributed by atoms with Crippen LogP contribution in [0.3, 0.4) is 0 Å². The van der Waals surface area contributed by atoms with Gasteiger partial charge in [0.2, 0.25) is 0 Å². The zero-order chi connectivity index (χ0) is 20.4. The van der Waals surface area contributed by atoms with Gasteiger partial charge in [0.05, 0.1) is 5.56 Å². The van der Waals surface area contributed by atoms with Crippen molar-refractivity contribution in [2.75, 3.05) is 5.32 Å². The summed E-state index contributed by atoms with van der Waals surface area (Å²) >= 11 is 0. The number of anilines is 1. The van der Waals surface area contributed by atoms with Crippen LogP contribution in [0.25, 0.3) is 11.4 Å². The third kappa shape index (κ3) is 4.16. The number of rotatable bonds is 3. The van der Waals surface area contributed by atoms with Gasteiger partial charge >= 0.3 is 6.18 Å². The van der Waals surface area contributed by atoms with Crippen LogP contribution in [-0.2, 0) is 19.1 Å². The molecule has 0 aliphatic carbocycles. The number of aryl methyl sites for hydroxylation is 1. The Morgan fingerprint density at radius 2 is 1.83 bits per heavy atom. The molecule has 2 aromatic carbocycles. The number of hydrogen-bond acceptors (Lipinski definition) is 3. The number of aromatic nitrogens is 3. The van der Waals surface area contributed by atoms with Gasteiger partial charge in [-0.2, -0.15) is 13.2 Å². The lowest BCUT2D eigenvalue weighted by Gasteiger charge is -2.11. The van der Waals surface area contributed by atoms with Crippen molar-refractivity contribution in [1.29, 1.82) is 0 Å². The molecule has 1 aliphatic heterocycles. The van der Waals surface area contributed by atoms with Crippen LogP contribution < -0.4 is 5.32 Å². The summed E-state index contributed by atoms with van der Waals surface area (Å²) in [6, 6.07) is 11.5. The Morgan fingerprint density at radius 3 is 2.66 bits per heavy atom. The molecule has 29 heavy (non-hydrogen) atoms. The lowest BCUT2D eigenvalue weighted by atomic mass is 10.1. The van der Waals surface area contributed by atoms with Gasteiger partial charge in [-0.1, -0.05) is 24.6 Å². The molecule has 0 radical (unpaired) electrons. The van der Waals surface area contributed by atoms with Gasteiger partial charge in [0, 0.05) is 29.8 Å². The number of alkyl halides is 3. The van der Waals surface area contributed by atoms with Crippen molar-refractivity contribution in [2.45, 2.75) is 38.4 Å². The Hall–Kier alpha value is -3.16. The summed E-state index contributed by atoms with van der Waals surface area (Å²) in [5.41, 5.74) is 0.370. The predicted octanol–water partition coefficient (Wildman–Crippen LogP) is 4.94.